The molecule has 0 radical (unpaired) electrons. The van der Waals surface area contributed by atoms with Gasteiger partial charge in [-0.25, -0.2) is 9.69 Å². The second-order valence-electron chi connectivity index (χ2n) is 4.88. The number of halogens is 1. The van der Waals surface area contributed by atoms with E-state index in [0.717, 1.165) is 0 Å². The lowest BCUT2D eigenvalue weighted by atomic mass is 10.1. The molecule has 3 aliphatic rings. The van der Waals surface area contributed by atoms with Crippen molar-refractivity contribution >= 4 is 40.2 Å². The number of aliphatic hydroxyl groups is 3. The number of urea groups is 1. The number of aliphatic hydroxyl groups excluding tert-OH is 3. The Morgan fingerprint density at radius 2 is 2.14 bits per heavy atom. The molecule has 1 unspecified atom stereocenters. The molecule has 21 heavy (non-hydrogen) atoms. The largest absolute Gasteiger partial charge is 0.394 e. The molecular formula is C10H13IN4O6. The molecule has 3 heterocycles. The average Bonchev–Trinajstić information content (AvgIpc) is 2.88. The fraction of sp³-hybridized carbons (Fsp3) is 0.700. The molecule has 0 bridgehead atoms. The second kappa shape index (κ2) is 5.10. The van der Waals surface area contributed by atoms with Crippen LogP contribution in [-0.2, 0) is 9.53 Å². The number of imide groups is 1. The van der Waals surface area contributed by atoms with Gasteiger partial charge in [0.1, 0.15) is 24.5 Å². The Morgan fingerprint density at radius 1 is 1.43 bits per heavy atom. The van der Waals surface area contributed by atoms with Gasteiger partial charge in [0, 0.05) is 0 Å². The first-order chi connectivity index (χ1) is 9.88. The van der Waals surface area contributed by atoms with Crippen molar-refractivity contribution < 1.29 is 29.6 Å². The molecule has 0 spiro atoms. The summed E-state index contributed by atoms with van der Waals surface area (Å²) < 4.78 is 4.15. The topological polar surface area (TPSA) is 144 Å². The molecule has 2 saturated heterocycles. The van der Waals surface area contributed by atoms with Crippen LogP contribution >= 0.6 is 22.6 Å². The highest BCUT2D eigenvalue weighted by atomic mass is 127. The van der Waals surface area contributed by atoms with Gasteiger partial charge >= 0.3 is 6.03 Å². The molecule has 3 rings (SSSR count). The fourth-order valence-corrected chi connectivity index (χ4v) is 3.66. The first kappa shape index (κ1) is 15.1. The molecule has 5 atom stereocenters. The molecule has 2 fully saturated rings. The minimum absolute atomic E-state index is 0.00142. The maximum Gasteiger partial charge on any atom is 0.324 e. The predicted molar refractivity (Wildman–Crippen MR) is 75.3 cm³/mol. The number of alkyl halides is 1. The standard InChI is InChI=1S/C10H13IN4O6/c11-10-6(7(19)13-9(20)14-10)12-2-15(10)8-5(18)4(17)3(1-16)21-8/h3-5,8,16-18H,1-2H2,(H2,13,14,19,20)/t3-,4-,5-,8-,10?/m1/s1. The van der Waals surface area contributed by atoms with E-state index in [0.29, 0.717) is 0 Å². The summed E-state index contributed by atoms with van der Waals surface area (Å²) in [4.78, 5) is 28.8. The number of amides is 3. The summed E-state index contributed by atoms with van der Waals surface area (Å²) in [6.45, 7) is -0.462. The highest BCUT2D eigenvalue weighted by Gasteiger charge is 2.58. The molecule has 0 aliphatic carbocycles. The molecule has 0 aromatic rings. The van der Waals surface area contributed by atoms with E-state index in [1.807, 2.05) is 22.6 Å². The third-order valence-electron chi connectivity index (χ3n) is 3.64. The fourth-order valence-electron chi connectivity index (χ4n) is 2.58. The van der Waals surface area contributed by atoms with Gasteiger partial charge in [-0.2, -0.15) is 0 Å². The number of fused-ring (bicyclic) bond motifs is 1. The van der Waals surface area contributed by atoms with E-state index in [1.54, 1.807) is 0 Å². The van der Waals surface area contributed by atoms with Crippen molar-refractivity contribution in [2.45, 2.75) is 28.2 Å². The second-order valence-corrected chi connectivity index (χ2v) is 6.44. The Labute approximate surface area is 132 Å². The number of nitrogens with zero attached hydrogens (tertiary/aromatic N) is 2. The van der Waals surface area contributed by atoms with Crippen LogP contribution in [0.15, 0.2) is 4.99 Å². The molecule has 116 valence electrons. The van der Waals surface area contributed by atoms with E-state index in [-0.39, 0.29) is 12.4 Å². The van der Waals surface area contributed by atoms with Gasteiger partial charge in [0.15, 0.2) is 9.38 Å². The smallest absolute Gasteiger partial charge is 0.324 e. The lowest BCUT2D eigenvalue weighted by Gasteiger charge is -2.40. The lowest BCUT2D eigenvalue weighted by Crippen LogP contribution is -2.70. The Balaban J connectivity index is 1.88. The summed E-state index contributed by atoms with van der Waals surface area (Å²) >= 11 is 1.83. The number of carbonyl (C=O) groups excluding carboxylic acids is 2. The third-order valence-corrected chi connectivity index (χ3v) is 5.04. The zero-order valence-corrected chi connectivity index (χ0v) is 12.7. The highest BCUT2D eigenvalue weighted by molar-refractivity contribution is 14.1. The first-order valence-corrected chi connectivity index (χ1v) is 7.23. The Morgan fingerprint density at radius 3 is 2.76 bits per heavy atom. The van der Waals surface area contributed by atoms with Gasteiger partial charge < -0.3 is 25.4 Å². The highest BCUT2D eigenvalue weighted by Crippen LogP contribution is 2.36. The number of ether oxygens (including phenoxy) is 1. The van der Waals surface area contributed by atoms with Gasteiger partial charge in [-0.15, -0.1) is 0 Å². The van der Waals surface area contributed by atoms with Gasteiger partial charge in [-0.1, -0.05) is 0 Å². The van der Waals surface area contributed by atoms with Gasteiger partial charge in [0.05, 0.1) is 13.3 Å². The van der Waals surface area contributed by atoms with Crippen molar-refractivity contribution in [3.8, 4) is 0 Å². The number of hydrogen-bond acceptors (Lipinski definition) is 8. The summed E-state index contributed by atoms with van der Waals surface area (Å²) in [5.41, 5.74) is 0.0837. The van der Waals surface area contributed by atoms with Crippen LogP contribution < -0.4 is 10.6 Å². The molecule has 3 aliphatic heterocycles. The van der Waals surface area contributed by atoms with E-state index in [9.17, 15) is 19.8 Å². The van der Waals surface area contributed by atoms with Crippen molar-refractivity contribution in [1.29, 1.82) is 0 Å². The summed E-state index contributed by atoms with van der Waals surface area (Å²) in [5, 5.41) is 33.6. The van der Waals surface area contributed by atoms with Crippen molar-refractivity contribution in [2.24, 2.45) is 4.99 Å². The van der Waals surface area contributed by atoms with Crippen LogP contribution in [0.5, 0.6) is 0 Å². The zero-order chi connectivity index (χ0) is 15.4. The van der Waals surface area contributed by atoms with Gasteiger partial charge in [0.2, 0.25) is 0 Å². The molecule has 0 aromatic heterocycles. The summed E-state index contributed by atoms with van der Waals surface area (Å²) in [7, 11) is 0. The summed E-state index contributed by atoms with van der Waals surface area (Å²) in [6, 6.07) is -0.688. The van der Waals surface area contributed by atoms with Gasteiger partial charge in [-0.3, -0.25) is 15.1 Å². The van der Waals surface area contributed by atoms with Crippen LogP contribution in [0.3, 0.4) is 0 Å². The predicted octanol–water partition coefficient (Wildman–Crippen LogP) is -2.93. The van der Waals surface area contributed by atoms with E-state index in [1.165, 1.54) is 4.90 Å². The molecule has 0 aromatic carbocycles. The van der Waals surface area contributed by atoms with Gasteiger partial charge in [0.25, 0.3) is 5.91 Å². The van der Waals surface area contributed by atoms with Crippen LogP contribution in [0.1, 0.15) is 0 Å². The van der Waals surface area contributed by atoms with E-state index < -0.39 is 46.8 Å². The summed E-state index contributed by atoms with van der Waals surface area (Å²) in [6.07, 6.45) is -4.52. The van der Waals surface area contributed by atoms with Crippen LogP contribution in [-0.4, -0.2) is 79.4 Å². The lowest BCUT2D eigenvalue weighted by molar-refractivity contribution is -0.117. The number of hydrogen-bond donors (Lipinski definition) is 5. The van der Waals surface area contributed by atoms with Crippen LogP contribution in [0.25, 0.3) is 0 Å². The molecule has 11 heteroatoms. The van der Waals surface area contributed by atoms with E-state index >= 15 is 0 Å². The monoisotopic (exact) mass is 412 g/mol. The minimum Gasteiger partial charge on any atom is -0.394 e. The SMILES string of the molecule is O=C1NC(=O)C2=NCN([C@@H]3O[C@H](CO)[C@@H](O)[C@H]3O)C2(I)N1. The van der Waals surface area contributed by atoms with Crippen molar-refractivity contribution in [3.05, 3.63) is 0 Å². The van der Waals surface area contributed by atoms with Crippen molar-refractivity contribution in [3.63, 3.8) is 0 Å². The molecule has 0 saturated carbocycles. The van der Waals surface area contributed by atoms with E-state index in [2.05, 4.69) is 15.6 Å². The molecule has 5 N–H and O–H groups in total. The molecule has 10 nitrogen and oxygen atoms in total. The van der Waals surface area contributed by atoms with Crippen molar-refractivity contribution in [1.82, 2.24) is 15.5 Å². The Bertz CT molecular complexity index is 530. The molecule has 3 amide bonds. The number of aliphatic imine (C=N–C) groups is 1. The van der Waals surface area contributed by atoms with Gasteiger partial charge in [-0.05, 0) is 22.6 Å². The number of nitrogens with one attached hydrogen (secondary N) is 2. The Hall–Kier alpha value is -0.860. The minimum atomic E-state index is -1.30. The maximum absolute atomic E-state index is 11.8. The Kier molecular flexibility index (Phi) is 3.66. The third kappa shape index (κ3) is 2.15. The maximum atomic E-state index is 11.8. The summed E-state index contributed by atoms with van der Waals surface area (Å²) in [5.74, 6) is -0.623. The van der Waals surface area contributed by atoms with Crippen molar-refractivity contribution in [2.75, 3.05) is 13.3 Å². The van der Waals surface area contributed by atoms with E-state index in [4.69, 9.17) is 9.84 Å². The first-order valence-electron chi connectivity index (χ1n) is 6.15. The zero-order valence-electron chi connectivity index (χ0n) is 10.6. The average molecular weight is 412 g/mol. The number of carbonyl (C=O) groups is 2. The number of rotatable bonds is 2. The van der Waals surface area contributed by atoms with Crippen LogP contribution in [0, 0.1) is 0 Å². The van der Waals surface area contributed by atoms with Crippen LogP contribution in [0.4, 0.5) is 4.79 Å². The molecular weight excluding hydrogens is 399 g/mol. The normalized spacial score (nSPS) is 43.3. The quantitative estimate of drug-likeness (QED) is 0.186. The van der Waals surface area contributed by atoms with Crippen LogP contribution in [0.2, 0.25) is 0 Å².